The Hall–Kier alpha value is -1.96. The molecule has 2 unspecified atom stereocenters. The number of aromatic nitrogens is 1. The van der Waals surface area contributed by atoms with E-state index in [4.69, 9.17) is 25.6 Å². The van der Waals surface area contributed by atoms with Gasteiger partial charge in [0, 0.05) is 7.11 Å². The highest BCUT2D eigenvalue weighted by molar-refractivity contribution is 6.33. The monoisotopic (exact) mass is 410 g/mol. The zero-order valence-corrected chi connectivity index (χ0v) is 17.5. The molecular formula is C20H24ClFN2O4. The molecule has 8 heteroatoms. The van der Waals surface area contributed by atoms with Crippen molar-refractivity contribution >= 4 is 17.5 Å². The predicted molar refractivity (Wildman–Crippen MR) is 102 cm³/mol. The van der Waals surface area contributed by atoms with Gasteiger partial charge >= 0.3 is 0 Å². The van der Waals surface area contributed by atoms with Gasteiger partial charge in [-0.3, -0.25) is 9.69 Å². The number of rotatable bonds is 4. The van der Waals surface area contributed by atoms with Gasteiger partial charge in [0.1, 0.15) is 34.7 Å². The van der Waals surface area contributed by atoms with E-state index in [0.717, 1.165) is 0 Å². The second-order valence-corrected chi connectivity index (χ2v) is 8.12. The molecule has 1 fully saturated rings. The highest BCUT2D eigenvalue weighted by Crippen LogP contribution is 2.40. The summed E-state index contributed by atoms with van der Waals surface area (Å²) in [6.45, 7) is 9.23. The van der Waals surface area contributed by atoms with Gasteiger partial charge in [0.25, 0.3) is 5.91 Å². The summed E-state index contributed by atoms with van der Waals surface area (Å²) in [7, 11) is 1.52. The summed E-state index contributed by atoms with van der Waals surface area (Å²) < 4.78 is 31.5. The van der Waals surface area contributed by atoms with Gasteiger partial charge in [0.05, 0.1) is 10.6 Å². The summed E-state index contributed by atoms with van der Waals surface area (Å²) in [5.74, 6) is -0.730. The number of methoxy groups -OCH3 is 1. The Bertz CT molecular complexity index is 876. The number of nitrogens with zero attached hydrogens (tertiary/aromatic N) is 2. The molecule has 28 heavy (non-hydrogen) atoms. The second kappa shape index (κ2) is 7.46. The van der Waals surface area contributed by atoms with Gasteiger partial charge in [0.2, 0.25) is 0 Å². The Morgan fingerprint density at radius 2 is 2.07 bits per heavy atom. The number of hydrogen-bond donors (Lipinski definition) is 0. The quantitative estimate of drug-likeness (QED) is 0.734. The first-order valence-electron chi connectivity index (χ1n) is 9.04. The molecule has 1 aliphatic rings. The van der Waals surface area contributed by atoms with Crippen molar-refractivity contribution in [2.24, 2.45) is 5.92 Å². The van der Waals surface area contributed by atoms with Crippen molar-refractivity contribution in [3.05, 3.63) is 40.4 Å². The molecule has 0 aliphatic carbocycles. The summed E-state index contributed by atoms with van der Waals surface area (Å²) in [5, 5.41) is 4.07. The summed E-state index contributed by atoms with van der Waals surface area (Å²) in [6, 6.07) is 4.29. The SMILES string of the molecule is COC1N(C(=O)c2c(-c3c(F)cccc3Cl)noc2C)C(C(C)C)OC1(C)C. The Morgan fingerprint density at radius 1 is 1.39 bits per heavy atom. The number of carbonyl (C=O) groups is 1. The van der Waals surface area contributed by atoms with E-state index in [1.54, 1.807) is 6.92 Å². The van der Waals surface area contributed by atoms with Crippen LogP contribution in [0.4, 0.5) is 4.39 Å². The first-order chi connectivity index (χ1) is 13.1. The van der Waals surface area contributed by atoms with E-state index >= 15 is 0 Å². The summed E-state index contributed by atoms with van der Waals surface area (Å²) >= 11 is 6.19. The standard InChI is InChI=1S/C20H24ClFN2O4/c1-10(2)18-24(19(26-6)20(4,5)27-18)17(25)14-11(3)28-23-16(14)15-12(21)8-7-9-13(15)22/h7-10,18-19H,1-6H3. The fourth-order valence-corrected chi connectivity index (χ4v) is 3.87. The highest BCUT2D eigenvalue weighted by Gasteiger charge is 2.52. The smallest absolute Gasteiger partial charge is 0.263 e. The lowest BCUT2D eigenvalue weighted by molar-refractivity contribution is -0.0769. The molecule has 1 aromatic carbocycles. The van der Waals surface area contributed by atoms with Crippen molar-refractivity contribution in [2.45, 2.75) is 52.7 Å². The van der Waals surface area contributed by atoms with Crippen LogP contribution in [0.1, 0.15) is 43.8 Å². The Kier molecular flexibility index (Phi) is 5.53. The van der Waals surface area contributed by atoms with Crippen molar-refractivity contribution in [2.75, 3.05) is 7.11 Å². The Morgan fingerprint density at radius 3 is 2.64 bits per heavy atom. The molecule has 1 amide bonds. The van der Waals surface area contributed by atoms with E-state index in [-0.39, 0.29) is 33.5 Å². The zero-order valence-electron chi connectivity index (χ0n) is 16.7. The molecule has 1 saturated heterocycles. The number of benzene rings is 1. The third kappa shape index (κ3) is 3.32. The maximum Gasteiger partial charge on any atom is 0.263 e. The number of hydrogen-bond acceptors (Lipinski definition) is 5. The molecule has 0 radical (unpaired) electrons. The molecule has 6 nitrogen and oxygen atoms in total. The van der Waals surface area contributed by atoms with Gasteiger partial charge in [0.15, 0.2) is 6.23 Å². The molecule has 3 rings (SSSR count). The van der Waals surface area contributed by atoms with E-state index in [9.17, 15) is 9.18 Å². The molecule has 0 bridgehead atoms. The van der Waals surface area contributed by atoms with E-state index in [2.05, 4.69) is 5.16 Å². The number of halogens is 2. The van der Waals surface area contributed by atoms with Crippen molar-refractivity contribution < 1.29 is 23.2 Å². The van der Waals surface area contributed by atoms with Crippen LogP contribution in [0.3, 0.4) is 0 Å². The maximum atomic E-state index is 14.5. The third-order valence-electron chi connectivity index (χ3n) is 4.85. The lowest BCUT2D eigenvalue weighted by Gasteiger charge is -2.31. The van der Waals surface area contributed by atoms with Crippen molar-refractivity contribution in [1.29, 1.82) is 0 Å². The number of carbonyl (C=O) groups excluding carboxylic acids is 1. The maximum absolute atomic E-state index is 14.5. The van der Waals surface area contributed by atoms with Crippen LogP contribution in [-0.2, 0) is 9.47 Å². The topological polar surface area (TPSA) is 64.8 Å². The van der Waals surface area contributed by atoms with Gasteiger partial charge < -0.3 is 14.0 Å². The van der Waals surface area contributed by atoms with Crippen LogP contribution in [0.5, 0.6) is 0 Å². The van der Waals surface area contributed by atoms with Gasteiger partial charge in [-0.25, -0.2) is 4.39 Å². The predicted octanol–water partition coefficient (Wildman–Crippen LogP) is 4.65. The van der Waals surface area contributed by atoms with Crippen LogP contribution in [0.2, 0.25) is 5.02 Å². The summed E-state index contributed by atoms with van der Waals surface area (Å²) in [6.07, 6.45) is -1.16. The lowest BCUT2D eigenvalue weighted by Crippen LogP contribution is -2.48. The lowest BCUT2D eigenvalue weighted by atomic mass is 10.0. The van der Waals surface area contributed by atoms with Crippen LogP contribution in [0.25, 0.3) is 11.3 Å². The van der Waals surface area contributed by atoms with Crippen molar-refractivity contribution in [1.82, 2.24) is 10.1 Å². The number of aryl methyl sites for hydroxylation is 1. The molecule has 0 saturated carbocycles. The average molecular weight is 411 g/mol. The molecule has 2 heterocycles. The van der Waals surface area contributed by atoms with Crippen LogP contribution in [-0.4, -0.2) is 41.1 Å². The molecule has 2 aromatic rings. The molecule has 2 atom stereocenters. The highest BCUT2D eigenvalue weighted by atomic mass is 35.5. The van der Waals surface area contributed by atoms with Gasteiger partial charge in [-0.2, -0.15) is 0 Å². The summed E-state index contributed by atoms with van der Waals surface area (Å²) in [5.41, 5.74) is -0.493. The van der Waals surface area contributed by atoms with E-state index in [0.29, 0.717) is 0 Å². The van der Waals surface area contributed by atoms with E-state index in [1.807, 2.05) is 27.7 Å². The zero-order chi connectivity index (χ0) is 20.8. The summed E-state index contributed by atoms with van der Waals surface area (Å²) in [4.78, 5) is 15.1. The van der Waals surface area contributed by atoms with Crippen molar-refractivity contribution in [3.63, 3.8) is 0 Å². The Labute approximate surface area is 168 Å². The van der Waals surface area contributed by atoms with E-state index < -0.39 is 29.8 Å². The van der Waals surface area contributed by atoms with Gasteiger partial charge in [-0.1, -0.05) is 36.7 Å². The Balaban J connectivity index is 2.14. The van der Waals surface area contributed by atoms with Crippen LogP contribution < -0.4 is 0 Å². The van der Waals surface area contributed by atoms with Gasteiger partial charge in [-0.05, 0) is 38.8 Å². The normalized spacial score (nSPS) is 21.5. The fraction of sp³-hybridized carbons (Fsp3) is 0.500. The van der Waals surface area contributed by atoms with Crippen LogP contribution in [0, 0.1) is 18.7 Å². The molecule has 1 aliphatic heterocycles. The van der Waals surface area contributed by atoms with Crippen LogP contribution in [0.15, 0.2) is 22.7 Å². The third-order valence-corrected chi connectivity index (χ3v) is 5.17. The van der Waals surface area contributed by atoms with E-state index in [1.165, 1.54) is 30.2 Å². The van der Waals surface area contributed by atoms with Gasteiger partial charge in [-0.15, -0.1) is 0 Å². The first-order valence-corrected chi connectivity index (χ1v) is 9.41. The fourth-order valence-electron chi connectivity index (χ4n) is 3.62. The first kappa shape index (κ1) is 20.8. The minimum absolute atomic E-state index is 0.00374. The van der Waals surface area contributed by atoms with Crippen LogP contribution >= 0.6 is 11.6 Å². The molecule has 0 spiro atoms. The molecule has 1 aromatic heterocycles. The average Bonchev–Trinajstić information content (AvgIpc) is 3.11. The number of amides is 1. The second-order valence-electron chi connectivity index (χ2n) is 7.72. The largest absolute Gasteiger partial charge is 0.360 e. The minimum atomic E-state index is -0.722. The number of ether oxygens (including phenoxy) is 2. The minimum Gasteiger partial charge on any atom is -0.360 e. The molecule has 0 N–H and O–H groups in total. The molecule has 152 valence electrons. The van der Waals surface area contributed by atoms with Crippen molar-refractivity contribution in [3.8, 4) is 11.3 Å². The molecular weight excluding hydrogens is 387 g/mol.